The Morgan fingerprint density at radius 2 is 2.05 bits per heavy atom. The fourth-order valence-electron chi connectivity index (χ4n) is 2.37. The number of nitrogens with one attached hydrogen (secondary N) is 1. The Kier molecular flexibility index (Phi) is 3.57. The highest BCUT2D eigenvalue weighted by molar-refractivity contribution is 5.81. The smallest absolute Gasteiger partial charge is 0.125 e. The molecule has 0 aliphatic carbocycles. The van der Waals surface area contributed by atoms with E-state index in [1.165, 1.54) is 12.1 Å². The van der Waals surface area contributed by atoms with Gasteiger partial charge in [0.05, 0.1) is 11.6 Å². The van der Waals surface area contributed by atoms with Crippen molar-refractivity contribution in [3.8, 4) is 6.07 Å². The summed E-state index contributed by atoms with van der Waals surface area (Å²) in [6.07, 6.45) is 2.00. The van der Waals surface area contributed by atoms with E-state index in [9.17, 15) is 4.39 Å². The minimum absolute atomic E-state index is 0.245. The maximum absolute atomic E-state index is 13.1. The highest BCUT2D eigenvalue weighted by atomic mass is 19.1. The van der Waals surface area contributed by atoms with Gasteiger partial charge < -0.3 is 9.88 Å². The standard InChI is InChI=1S/C17H14FN3/c18-15-2-1-3-16(11-15)20-7-9-21-8-6-14-5-4-13(12-19)10-17(14)21/h1-6,8,10-11,20H,7,9H2. The van der Waals surface area contributed by atoms with Crippen LogP contribution in [0.25, 0.3) is 10.9 Å². The van der Waals surface area contributed by atoms with E-state index < -0.39 is 0 Å². The monoisotopic (exact) mass is 279 g/mol. The lowest BCUT2D eigenvalue weighted by Crippen LogP contribution is -2.09. The molecule has 4 heteroatoms. The van der Waals surface area contributed by atoms with Gasteiger partial charge in [0.15, 0.2) is 0 Å². The number of fused-ring (bicyclic) bond motifs is 1. The number of hydrogen-bond donors (Lipinski definition) is 1. The van der Waals surface area contributed by atoms with Crippen molar-refractivity contribution in [3.05, 3.63) is 66.1 Å². The van der Waals surface area contributed by atoms with Crippen LogP contribution in [0.5, 0.6) is 0 Å². The summed E-state index contributed by atoms with van der Waals surface area (Å²) in [4.78, 5) is 0. The van der Waals surface area contributed by atoms with Crippen LogP contribution in [0.3, 0.4) is 0 Å². The quantitative estimate of drug-likeness (QED) is 0.790. The van der Waals surface area contributed by atoms with Gasteiger partial charge >= 0.3 is 0 Å². The number of halogens is 1. The molecular weight excluding hydrogens is 265 g/mol. The first-order valence-corrected chi connectivity index (χ1v) is 6.75. The largest absolute Gasteiger partial charge is 0.383 e. The Morgan fingerprint density at radius 1 is 1.14 bits per heavy atom. The molecule has 0 atom stereocenters. The highest BCUT2D eigenvalue weighted by Crippen LogP contribution is 2.17. The van der Waals surface area contributed by atoms with Crippen LogP contribution in [0.15, 0.2) is 54.7 Å². The zero-order valence-corrected chi connectivity index (χ0v) is 11.4. The lowest BCUT2D eigenvalue weighted by atomic mass is 10.2. The molecule has 21 heavy (non-hydrogen) atoms. The van der Waals surface area contributed by atoms with Crippen LogP contribution in [0.4, 0.5) is 10.1 Å². The molecule has 1 aromatic heterocycles. The molecule has 0 saturated carbocycles. The molecule has 0 amide bonds. The number of hydrogen-bond acceptors (Lipinski definition) is 2. The average Bonchev–Trinajstić information content (AvgIpc) is 2.90. The molecule has 0 radical (unpaired) electrons. The summed E-state index contributed by atoms with van der Waals surface area (Å²) < 4.78 is 15.2. The van der Waals surface area contributed by atoms with E-state index in [1.54, 1.807) is 6.07 Å². The molecule has 104 valence electrons. The molecule has 3 rings (SSSR count). The number of nitrogens with zero attached hydrogens (tertiary/aromatic N) is 2. The summed E-state index contributed by atoms with van der Waals surface area (Å²) in [5.74, 6) is -0.245. The lowest BCUT2D eigenvalue weighted by Gasteiger charge is -2.09. The molecule has 1 N–H and O–H groups in total. The maximum Gasteiger partial charge on any atom is 0.125 e. The van der Waals surface area contributed by atoms with E-state index in [2.05, 4.69) is 16.0 Å². The second-order valence-corrected chi connectivity index (χ2v) is 4.83. The van der Waals surface area contributed by atoms with Gasteiger partial charge in [-0.2, -0.15) is 5.26 Å². The SMILES string of the molecule is N#Cc1ccc2ccn(CCNc3cccc(F)c3)c2c1. The Hall–Kier alpha value is -2.80. The van der Waals surface area contributed by atoms with E-state index >= 15 is 0 Å². The summed E-state index contributed by atoms with van der Waals surface area (Å²) in [6, 6.07) is 16.3. The molecule has 0 fully saturated rings. The van der Waals surface area contributed by atoms with Crippen molar-refractivity contribution in [1.82, 2.24) is 4.57 Å². The Balaban J connectivity index is 1.72. The topological polar surface area (TPSA) is 40.8 Å². The van der Waals surface area contributed by atoms with Crippen molar-refractivity contribution in [2.45, 2.75) is 6.54 Å². The third kappa shape index (κ3) is 2.87. The number of nitriles is 1. The minimum atomic E-state index is -0.245. The Morgan fingerprint density at radius 3 is 2.86 bits per heavy atom. The molecule has 3 nitrogen and oxygen atoms in total. The maximum atomic E-state index is 13.1. The van der Waals surface area contributed by atoms with E-state index in [0.717, 1.165) is 23.1 Å². The molecule has 0 bridgehead atoms. The van der Waals surface area contributed by atoms with Crippen LogP contribution in [-0.2, 0) is 6.54 Å². The normalized spacial score (nSPS) is 10.5. The molecule has 0 unspecified atom stereocenters. The first kappa shape index (κ1) is 13.2. The average molecular weight is 279 g/mol. The Labute approximate surface area is 122 Å². The molecule has 0 aliphatic heterocycles. The van der Waals surface area contributed by atoms with Crippen molar-refractivity contribution >= 4 is 16.6 Å². The molecule has 3 aromatic rings. The van der Waals surface area contributed by atoms with Gasteiger partial charge in [-0.25, -0.2) is 4.39 Å². The fraction of sp³-hybridized carbons (Fsp3) is 0.118. The van der Waals surface area contributed by atoms with Gasteiger partial charge in [0, 0.05) is 30.5 Å². The van der Waals surface area contributed by atoms with Crippen LogP contribution >= 0.6 is 0 Å². The van der Waals surface area contributed by atoms with Gasteiger partial charge in [-0.15, -0.1) is 0 Å². The number of anilines is 1. The summed E-state index contributed by atoms with van der Waals surface area (Å²) in [6.45, 7) is 1.43. The van der Waals surface area contributed by atoms with E-state index in [0.29, 0.717) is 12.1 Å². The minimum Gasteiger partial charge on any atom is -0.383 e. The highest BCUT2D eigenvalue weighted by Gasteiger charge is 2.02. The molecule has 0 spiro atoms. The summed E-state index contributed by atoms with van der Waals surface area (Å²) >= 11 is 0. The van der Waals surface area contributed by atoms with Gasteiger partial charge in [0.1, 0.15) is 5.82 Å². The molecule has 2 aromatic carbocycles. The molecule has 0 aliphatic rings. The van der Waals surface area contributed by atoms with Crippen molar-refractivity contribution < 1.29 is 4.39 Å². The molecule has 0 saturated heterocycles. The fourth-order valence-corrected chi connectivity index (χ4v) is 2.37. The van der Waals surface area contributed by atoms with E-state index in [4.69, 9.17) is 5.26 Å². The second-order valence-electron chi connectivity index (χ2n) is 4.83. The Bertz CT molecular complexity index is 814. The van der Waals surface area contributed by atoms with Crippen LogP contribution < -0.4 is 5.32 Å². The van der Waals surface area contributed by atoms with Gasteiger partial charge in [0.25, 0.3) is 0 Å². The van der Waals surface area contributed by atoms with Gasteiger partial charge in [0.2, 0.25) is 0 Å². The van der Waals surface area contributed by atoms with E-state index in [-0.39, 0.29) is 5.82 Å². The molecular formula is C17H14FN3. The summed E-state index contributed by atoms with van der Waals surface area (Å²) in [7, 11) is 0. The number of benzene rings is 2. The van der Waals surface area contributed by atoms with Crippen LogP contribution in [0.2, 0.25) is 0 Å². The van der Waals surface area contributed by atoms with Crippen molar-refractivity contribution in [1.29, 1.82) is 5.26 Å². The number of aromatic nitrogens is 1. The van der Waals surface area contributed by atoms with E-state index in [1.807, 2.05) is 36.5 Å². The van der Waals surface area contributed by atoms with Gasteiger partial charge in [-0.3, -0.25) is 0 Å². The molecule has 1 heterocycles. The number of rotatable bonds is 4. The van der Waals surface area contributed by atoms with Crippen LogP contribution in [-0.4, -0.2) is 11.1 Å². The van der Waals surface area contributed by atoms with Crippen LogP contribution in [0.1, 0.15) is 5.56 Å². The third-order valence-corrected chi connectivity index (χ3v) is 3.41. The first-order valence-electron chi connectivity index (χ1n) is 6.75. The van der Waals surface area contributed by atoms with Crippen molar-refractivity contribution in [2.75, 3.05) is 11.9 Å². The summed E-state index contributed by atoms with van der Waals surface area (Å²) in [5, 5.41) is 13.3. The zero-order valence-electron chi connectivity index (χ0n) is 11.4. The van der Waals surface area contributed by atoms with Gasteiger partial charge in [-0.1, -0.05) is 12.1 Å². The van der Waals surface area contributed by atoms with Crippen molar-refractivity contribution in [3.63, 3.8) is 0 Å². The van der Waals surface area contributed by atoms with Crippen LogP contribution in [0, 0.1) is 17.1 Å². The first-order chi connectivity index (χ1) is 10.3. The van der Waals surface area contributed by atoms with Crippen molar-refractivity contribution in [2.24, 2.45) is 0 Å². The predicted molar refractivity (Wildman–Crippen MR) is 81.5 cm³/mol. The second kappa shape index (κ2) is 5.68. The summed E-state index contributed by atoms with van der Waals surface area (Å²) in [5.41, 5.74) is 2.46. The third-order valence-electron chi connectivity index (χ3n) is 3.41. The zero-order chi connectivity index (χ0) is 14.7. The predicted octanol–water partition coefficient (Wildman–Crippen LogP) is 3.76. The lowest BCUT2D eigenvalue weighted by molar-refractivity contribution is 0.628. The van der Waals surface area contributed by atoms with Gasteiger partial charge in [-0.05, 0) is 41.8 Å².